The van der Waals surface area contributed by atoms with Crippen molar-refractivity contribution in [3.63, 3.8) is 0 Å². The lowest BCUT2D eigenvalue weighted by molar-refractivity contribution is -0.167. The van der Waals surface area contributed by atoms with Gasteiger partial charge in [-0.3, -0.25) is 9.59 Å². The summed E-state index contributed by atoms with van der Waals surface area (Å²) in [6.07, 6.45) is 3.76. The molecule has 11 nitrogen and oxygen atoms in total. The van der Waals surface area contributed by atoms with E-state index in [1.54, 1.807) is 24.3 Å². The number of rotatable bonds is 17. The molecule has 0 fully saturated rings. The highest BCUT2D eigenvalue weighted by molar-refractivity contribution is 5.82. The van der Waals surface area contributed by atoms with Crippen LogP contribution in [-0.2, 0) is 38.8 Å². The number of benzene rings is 2. The van der Waals surface area contributed by atoms with E-state index in [2.05, 4.69) is 27.0 Å². The normalized spacial score (nSPS) is 17.1. The maximum absolute atomic E-state index is 12.9. The van der Waals surface area contributed by atoms with E-state index in [-0.39, 0.29) is 39.1 Å². The first-order valence-electron chi connectivity index (χ1n) is 14.8. The monoisotopic (exact) mass is 636 g/mol. The first-order valence-corrected chi connectivity index (χ1v) is 14.8. The van der Waals surface area contributed by atoms with Crippen LogP contribution in [-0.4, -0.2) is 66.3 Å². The van der Waals surface area contributed by atoms with Crippen molar-refractivity contribution < 1.29 is 53.1 Å². The topological polar surface area (TPSA) is 155 Å². The molecule has 246 valence electrons. The van der Waals surface area contributed by atoms with Crippen molar-refractivity contribution in [2.75, 3.05) is 19.8 Å². The minimum Gasteiger partial charge on any atom is -0.493 e. The second-order valence-corrected chi connectivity index (χ2v) is 11.1. The van der Waals surface area contributed by atoms with Gasteiger partial charge in [0.25, 0.3) is 0 Å². The SMILES string of the molecule is C=CC(=O)OCC(COc1ccc(C(C)(C)c2ccc(OCCC(O)OC(=O)C=C)cc2)cc1)OC(=O)C1CC=CCC1C(=O)O. The number of carbonyl (C=O) groups excluding carboxylic acids is 3. The van der Waals surface area contributed by atoms with Gasteiger partial charge in [0.2, 0.25) is 6.29 Å². The molecule has 2 N–H and O–H groups in total. The number of hydrogen-bond acceptors (Lipinski definition) is 10. The summed E-state index contributed by atoms with van der Waals surface area (Å²) < 4.78 is 26.9. The van der Waals surface area contributed by atoms with Crippen molar-refractivity contribution >= 4 is 23.9 Å². The van der Waals surface area contributed by atoms with Crippen LogP contribution in [0.3, 0.4) is 0 Å². The van der Waals surface area contributed by atoms with Gasteiger partial charge in [-0.05, 0) is 48.2 Å². The van der Waals surface area contributed by atoms with Gasteiger partial charge < -0.3 is 33.9 Å². The molecule has 0 heterocycles. The Labute approximate surface area is 268 Å². The van der Waals surface area contributed by atoms with Crippen LogP contribution >= 0.6 is 0 Å². The zero-order chi connectivity index (χ0) is 33.7. The van der Waals surface area contributed by atoms with Gasteiger partial charge in [-0.2, -0.15) is 0 Å². The van der Waals surface area contributed by atoms with Gasteiger partial charge in [-0.15, -0.1) is 0 Å². The Morgan fingerprint density at radius 1 is 0.826 bits per heavy atom. The standard InChI is InChI=1S/C35H40O11/c1-5-30(36)44-22-27(45-34(41)29-10-8-7-9-28(29)33(39)40)21-43-26-17-13-24(14-18-26)35(3,4)23-11-15-25(16-12-23)42-20-19-32(38)46-31(37)6-2/h5-8,11-18,27-29,32,38H,1-2,9-10,19-22H2,3-4H3,(H,39,40). The van der Waals surface area contributed by atoms with Crippen molar-refractivity contribution in [1.82, 2.24) is 0 Å². The summed E-state index contributed by atoms with van der Waals surface area (Å²) in [5, 5.41) is 19.2. The van der Waals surface area contributed by atoms with E-state index in [1.807, 2.05) is 36.4 Å². The molecule has 1 aliphatic carbocycles. The second kappa shape index (κ2) is 17.0. The molecule has 1 aliphatic rings. The van der Waals surface area contributed by atoms with Crippen LogP contribution in [0.5, 0.6) is 11.5 Å². The molecular formula is C35H40O11. The average Bonchev–Trinajstić information content (AvgIpc) is 3.05. The van der Waals surface area contributed by atoms with Gasteiger partial charge in [0.15, 0.2) is 6.10 Å². The molecule has 0 spiro atoms. The van der Waals surface area contributed by atoms with Gasteiger partial charge in [0, 0.05) is 24.0 Å². The number of esters is 3. The number of carboxylic acids is 1. The number of allylic oxidation sites excluding steroid dienone is 2. The Kier molecular flexibility index (Phi) is 13.1. The summed E-state index contributed by atoms with van der Waals surface area (Å²) in [5.41, 5.74) is 1.62. The van der Waals surface area contributed by atoms with Crippen molar-refractivity contribution in [3.8, 4) is 11.5 Å². The van der Waals surface area contributed by atoms with Crippen molar-refractivity contribution in [3.05, 3.63) is 97.1 Å². The lowest BCUT2D eigenvalue weighted by Crippen LogP contribution is -2.37. The van der Waals surface area contributed by atoms with Gasteiger partial charge in [0.1, 0.15) is 24.7 Å². The highest BCUT2D eigenvalue weighted by Gasteiger charge is 2.36. The Balaban J connectivity index is 1.59. The third-order valence-electron chi connectivity index (χ3n) is 7.55. The van der Waals surface area contributed by atoms with Gasteiger partial charge in [-0.1, -0.05) is 63.4 Å². The van der Waals surface area contributed by atoms with Crippen LogP contribution in [0.1, 0.15) is 44.2 Å². The molecule has 0 saturated heterocycles. The van der Waals surface area contributed by atoms with E-state index in [0.29, 0.717) is 11.5 Å². The number of carboxylic acid groups (broad SMARTS) is 1. The van der Waals surface area contributed by atoms with Gasteiger partial charge >= 0.3 is 23.9 Å². The molecule has 2 aromatic rings. The average molecular weight is 637 g/mol. The fourth-order valence-corrected chi connectivity index (χ4v) is 4.76. The minimum atomic E-state index is -1.28. The molecule has 3 rings (SSSR count). The summed E-state index contributed by atoms with van der Waals surface area (Å²) >= 11 is 0. The first-order chi connectivity index (χ1) is 21.9. The van der Waals surface area contributed by atoms with E-state index in [9.17, 15) is 29.4 Å². The zero-order valence-corrected chi connectivity index (χ0v) is 26.0. The molecular weight excluding hydrogens is 596 g/mol. The van der Waals surface area contributed by atoms with Crippen LogP contribution in [0.2, 0.25) is 0 Å². The van der Waals surface area contributed by atoms with Crippen LogP contribution in [0, 0.1) is 11.8 Å². The first kappa shape index (κ1) is 35.6. The van der Waals surface area contributed by atoms with Gasteiger partial charge in [0.05, 0.1) is 18.4 Å². The zero-order valence-electron chi connectivity index (χ0n) is 26.0. The maximum Gasteiger partial charge on any atom is 0.332 e. The predicted molar refractivity (Wildman–Crippen MR) is 167 cm³/mol. The number of ether oxygens (including phenoxy) is 5. The number of aliphatic carboxylic acids is 1. The number of carbonyl (C=O) groups is 4. The Hall–Kier alpha value is -4.90. The maximum atomic E-state index is 12.9. The number of aliphatic hydroxyl groups excluding tert-OH is 1. The van der Waals surface area contributed by atoms with E-state index in [1.165, 1.54) is 0 Å². The molecule has 0 bridgehead atoms. The molecule has 0 saturated carbocycles. The van der Waals surface area contributed by atoms with Crippen LogP contribution in [0.4, 0.5) is 0 Å². The van der Waals surface area contributed by atoms with E-state index in [0.717, 1.165) is 23.3 Å². The van der Waals surface area contributed by atoms with Crippen LogP contribution < -0.4 is 9.47 Å². The smallest absolute Gasteiger partial charge is 0.332 e. The molecule has 11 heteroatoms. The summed E-state index contributed by atoms with van der Waals surface area (Å²) in [5.74, 6) is -3.84. The second-order valence-electron chi connectivity index (χ2n) is 11.1. The molecule has 46 heavy (non-hydrogen) atoms. The van der Waals surface area contributed by atoms with E-state index in [4.69, 9.17) is 23.7 Å². The Morgan fingerprint density at radius 3 is 1.91 bits per heavy atom. The molecule has 4 atom stereocenters. The quantitative estimate of drug-likeness (QED) is 0.0828. The van der Waals surface area contributed by atoms with Crippen LogP contribution in [0.15, 0.2) is 86.0 Å². The molecule has 0 aliphatic heterocycles. The van der Waals surface area contributed by atoms with Crippen molar-refractivity contribution in [1.29, 1.82) is 0 Å². The van der Waals surface area contributed by atoms with E-state index >= 15 is 0 Å². The Morgan fingerprint density at radius 2 is 1.37 bits per heavy atom. The predicted octanol–water partition coefficient (Wildman–Crippen LogP) is 4.52. The molecule has 2 aromatic carbocycles. The molecule has 0 aromatic heterocycles. The third kappa shape index (κ3) is 10.3. The lowest BCUT2D eigenvalue weighted by atomic mass is 9.78. The summed E-state index contributed by atoms with van der Waals surface area (Å²) in [6, 6.07) is 14.9. The molecule has 0 amide bonds. The van der Waals surface area contributed by atoms with E-state index < -0.39 is 53.5 Å². The largest absolute Gasteiger partial charge is 0.493 e. The minimum absolute atomic E-state index is 0.105. The Bertz CT molecular complexity index is 1390. The van der Waals surface area contributed by atoms with Crippen molar-refractivity contribution in [2.45, 2.75) is 50.9 Å². The summed E-state index contributed by atoms with van der Waals surface area (Å²) in [7, 11) is 0. The van der Waals surface area contributed by atoms with Crippen molar-refractivity contribution in [2.24, 2.45) is 11.8 Å². The highest BCUT2D eigenvalue weighted by Crippen LogP contribution is 2.33. The number of hydrogen-bond donors (Lipinski definition) is 2. The summed E-state index contributed by atoms with van der Waals surface area (Å²) in [6.45, 7) is 10.5. The van der Waals surface area contributed by atoms with Crippen LogP contribution in [0.25, 0.3) is 0 Å². The fourth-order valence-electron chi connectivity index (χ4n) is 4.76. The van der Waals surface area contributed by atoms with Gasteiger partial charge in [-0.25, -0.2) is 9.59 Å². The fraction of sp³-hybridized carbons (Fsp3) is 0.371. The molecule has 0 radical (unpaired) electrons. The summed E-state index contributed by atoms with van der Waals surface area (Å²) in [4.78, 5) is 47.4. The number of aliphatic hydroxyl groups is 1. The lowest BCUT2D eigenvalue weighted by Gasteiger charge is -2.27. The molecule has 4 unspecified atom stereocenters. The highest BCUT2D eigenvalue weighted by atomic mass is 16.6. The third-order valence-corrected chi connectivity index (χ3v) is 7.55.